The minimum Gasteiger partial charge on any atom is -0.478 e. The van der Waals surface area contributed by atoms with Crippen LogP contribution >= 0.6 is 0 Å². The molecule has 0 aliphatic carbocycles. The van der Waals surface area contributed by atoms with Gasteiger partial charge in [0.1, 0.15) is 18.2 Å². The zero-order valence-electron chi connectivity index (χ0n) is 18.7. The Hall–Kier alpha value is -3.83. The molecule has 5 heteroatoms. The quantitative estimate of drug-likeness (QED) is 0.400. The lowest BCUT2D eigenvalue weighted by Crippen LogP contribution is -2.31. The number of carbonyl (C=O) groups excluding carboxylic acids is 1. The van der Waals surface area contributed by atoms with Gasteiger partial charge >= 0.3 is 0 Å². The molecule has 0 saturated heterocycles. The lowest BCUT2D eigenvalue weighted by molar-refractivity contribution is 0.0873. The molecular formula is C28H24N2O3. The van der Waals surface area contributed by atoms with Gasteiger partial charge in [-0.05, 0) is 36.8 Å². The summed E-state index contributed by atoms with van der Waals surface area (Å²) >= 11 is 0. The Kier molecular flexibility index (Phi) is 4.59. The summed E-state index contributed by atoms with van der Waals surface area (Å²) in [6.45, 7) is 4.04. The summed E-state index contributed by atoms with van der Waals surface area (Å²) in [6.07, 6.45) is 3.88. The number of ether oxygens (including phenoxy) is 2. The maximum absolute atomic E-state index is 13.2. The third-order valence-corrected chi connectivity index (χ3v) is 6.42. The number of ketones is 1. The van der Waals surface area contributed by atoms with E-state index in [2.05, 4.69) is 52.8 Å². The molecule has 4 aromatic rings. The van der Waals surface area contributed by atoms with Crippen LogP contribution in [0.2, 0.25) is 0 Å². The normalized spacial score (nSPS) is 16.5. The highest BCUT2D eigenvalue weighted by Gasteiger charge is 2.33. The van der Waals surface area contributed by atoms with Crippen LogP contribution in [-0.4, -0.2) is 22.0 Å². The van der Waals surface area contributed by atoms with Crippen molar-refractivity contribution in [1.82, 2.24) is 9.47 Å². The van der Waals surface area contributed by atoms with E-state index in [-0.39, 0.29) is 5.78 Å². The molecule has 0 saturated carbocycles. The van der Waals surface area contributed by atoms with Crippen LogP contribution in [0.1, 0.15) is 32.6 Å². The smallest absolute Gasteiger partial charge is 0.231 e. The Labute approximate surface area is 192 Å². The van der Waals surface area contributed by atoms with Crippen LogP contribution in [0.5, 0.6) is 11.5 Å². The Morgan fingerprint density at radius 3 is 2.70 bits per heavy atom. The number of allylic oxidation sites excluding steroid dienone is 1. The highest BCUT2D eigenvalue weighted by Crippen LogP contribution is 2.42. The molecule has 33 heavy (non-hydrogen) atoms. The van der Waals surface area contributed by atoms with Crippen molar-refractivity contribution in [1.29, 1.82) is 0 Å². The lowest BCUT2D eigenvalue weighted by Gasteiger charge is -2.29. The third kappa shape index (κ3) is 3.41. The largest absolute Gasteiger partial charge is 0.478 e. The summed E-state index contributed by atoms with van der Waals surface area (Å²) < 4.78 is 14.3. The second kappa shape index (κ2) is 7.64. The molecule has 0 radical (unpaired) electrons. The molecule has 0 spiro atoms. The second-order valence-corrected chi connectivity index (χ2v) is 8.82. The maximum Gasteiger partial charge on any atom is 0.231 e. The van der Waals surface area contributed by atoms with E-state index in [1.165, 1.54) is 11.1 Å². The molecule has 0 fully saturated rings. The van der Waals surface area contributed by atoms with Gasteiger partial charge in [0.25, 0.3) is 0 Å². The number of aryl methyl sites for hydroxylation is 2. The van der Waals surface area contributed by atoms with Gasteiger partial charge in [0.15, 0.2) is 5.76 Å². The van der Waals surface area contributed by atoms with Crippen molar-refractivity contribution in [3.63, 3.8) is 0 Å². The molecule has 3 aromatic carbocycles. The van der Waals surface area contributed by atoms with Gasteiger partial charge in [-0.1, -0.05) is 48.0 Å². The first kappa shape index (κ1) is 19.8. The van der Waals surface area contributed by atoms with Gasteiger partial charge in [-0.2, -0.15) is 0 Å². The first-order valence-electron chi connectivity index (χ1n) is 11.1. The number of para-hydroxylation sites is 1. The van der Waals surface area contributed by atoms with Crippen molar-refractivity contribution in [2.45, 2.75) is 20.0 Å². The van der Waals surface area contributed by atoms with Crippen LogP contribution in [-0.2, 0) is 20.1 Å². The molecule has 5 nitrogen and oxygen atoms in total. The van der Waals surface area contributed by atoms with Crippen LogP contribution in [0.15, 0.2) is 72.6 Å². The van der Waals surface area contributed by atoms with E-state index in [1.54, 1.807) is 0 Å². The van der Waals surface area contributed by atoms with Gasteiger partial charge < -0.3 is 14.0 Å². The fourth-order valence-electron chi connectivity index (χ4n) is 4.69. The number of carbonyl (C=O) groups is 1. The van der Waals surface area contributed by atoms with Crippen molar-refractivity contribution in [3.8, 4) is 11.5 Å². The summed E-state index contributed by atoms with van der Waals surface area (Å²) in [5, 5.41) is 1.09. The van der Waals surface area contributed by atoms with Crippen molar-refractivity contribution in [3.05, 3.63) is 100 Å². The molecule has 0 bridgehead atoms. The molecular weight excluding hydrogens is 412 g/mol. The topological polar surface area (TPSA) is 43.7 Å². The van der Waals surface area contributed by atoms with Gasteiger partial charge in [-0.25, -0.2) is 0 Å². The van der Waals surface area contributed by atoms with E-state index in [1.807, 2.05) is 43.6 Å². The number of rotatable bonds is 3. The molecule has 2 aliphatic rings. The van der Waals surface area contributed by atoms with Crippen LogP contribution < -0.4 is 9.47 Å². The SMILES string of the molecule is Cc1ccc(CN2COc3ccc4c(c3C2)O/C(=C\c2cn(C)c3ccccc23)C4=O)cc1. The van der Waals surface area contributed by atoms with Gasteiger partial charge in [-0.15, -0.1) is 0 Å². The zero-order chi connectivity index (χ0) is 22.5. The molecule has 0 amide bonds. The molecule has 0 N–H and O–H groups in total. The minimum absolute atomic E-state index is 0.0867. The maximum atomic E-state index is 13.2. The second-order valence-electron chi connectivity index (χ2n) is 8.82. The van der Waals surface area contributed by atoms with Crippen LogP contribution in [0.25, 0.3) is 17.0 Å². The van der Waals surface area contributed by atoms with E-state index in [0.29, 0.717) is 30.3 Å². The minimum atomic E-state index is -0.0867. The van der Waals surface area contributed by atoms with Crippen molar-refractivity contribution >= 4 is 22.8 Å². The number of hydrogen-bond donors (Lipinski definition) is 0. The Bertz CT molecular complexity index is 1430. The lowest BCUT2D eigenvalue weighted by atomic mass is 10.0. The summed E-state index contributed by atoms with van der Waals surface area (Å²) in [6, 6.07) is 20.4. The molecule has 0 unspecified atom stereocenters. The number of benzene rings is 3. The summed E-state index contributed by atoms with van der Waals surface area (Å²) in [5.74, 6) is 1.67. The monoisotopic (exact) mass is 436 g/mol. The first-order valence-corrected chi connectivity index (χ1v) is 11.1. The van der Waals surface area contributed by atoms with E-state index < -0.39 is 0 Å². The predicted molar refractivity (Wildman–Crippen MR) is 128 cm³/mol. The first-order chi connectivity index (χ1) is 16.1. The Morgan fingerprint density at radius 1 is 1.03 bits per heavy atom. The number of aromatic nitrogens is 1. The Balaban J connectivity index is 1.31. The Morgan fingerprint density at radius 2 is 1.85 bits per heavy atom. The summed E-state index contributed by atoms with van der Waals surface area (Å²) in [4.78, 5) is 15.4. The number of Topliss-reactive ketones (excluding diaryl/α,β-unsaturated/α-hetero) is 1. The van der Waals surface area contributed by atoms with Crippen LogP contribution in [0, 0.1) is 6.92 Å². The molecule has 164 valence electrons. The summed E-state index contributed by atoms with van der Waals surface area (Å²) in [5.41, 5.74) is 6.09. The number of hydrogen-bond acceptors (Lipinski definition) is 4. The number of nitrogens with zero attached hydrogens (tertiary/aromatic N) is 2. The predicted octanol–water partition coefficient (Wildman–Crippen LogP) is 5.46. The third-order valence-electron chi connectivity index (χ3n) is 6.42. The van der Waals surface area contributed by atoms with Gasteiger partial charge in [0.2, 0.25) is 5.78 Å². The van der Waals surface area contributed by atoms with Crippen molar-refractivity contribution < 1.29 is 14.3 Å². The average molecular weight is 437 g/mol. The van der Waals surface area contributed by atoms with E-state index >= 15 is 0 Å². The highest BCUT2D eigenvalue weighted by molar-refractivity contribution is 6.15. The van der Waals surface area contributed by atoms with E-state index in [4.69, 9.17) is 9.47 Å². The van der Waals surface area contributed by atoms with Crippen LogP contribution in [0.3, 0.4) is 0 Å². The van der Waals surface area contributed by atoms with Crippen molar-refractivity contribution in [2.75, 3.05) is 6.73 Å². The van der Waals surface area contributed by atoms with Crippen LogP contribution in [0.4, 0.5) is 0 Å². The number of fused-ring (bicyclic) bond motifs is 4. The highest BCUT2D eigenvalue weighted by atomic mass is 16.5. The van der Waals surface area contributed by atoms with Gasteiger partial charge in [0, 0.05) is 42.8 Å². The van der Waals surface area contributed by atoms with E-state index in [9.17, 15) is 4.79 Å². The molecule has 2 aliphatic heterocycles. The zero-order valence-corrected chi connectivity index (χ0v) is 18.7. The fourth-order valence-corrected chi connectivity index (χ4v) is 4.69. The van der Waals surface area contributed by atoms with Gasteiger partial charge in [-0.3, -0.25) is 9.69 Å². The molecule has 6 rings (SSSR count). The molecule has 0 atom stereocenters. The standard InChI is InChI=1S/C28H24N2O3/c1-18-7-9-19(10-8-18)14-30-16-23-25(32-17-30)12-11-22-27(31)26(33-28(22)23)13-20-15-29(2)24-6-4-3-5-21(20)24/h3-13,15H,14,16-17H2,1-2H3/b26-13-. The fraction of sp³-hybridized carbons (Fsp3) is 0.179. The average Bonchev–Trinajstić information content (AvgIpc) is 3.32. The summed E-state index contributed by atoms with van der Waals surface area (Å²) in [7, 11) is 2.01. The van der Waals surface area contributed by atoms with E-state index in [0.717, 1.165) is 34.3 Å². The van der Waals surface area contributed by atoms with Crippen molar-refractivity contribution in [2.24, 2.45) is 7.05 Å². The molecule has 3 heterocycles. The molecule has 1 aromatic heterocycles. The van der Waals surface area contributed by atoms with Gasteiger partial charge in [0.05, 0.1) is 11.1 Å².